The molecule has 4 N–H and O–H groups in total. The number of hydrogen-bond acceptors (Lipinski definition) is 9. The summed E-state index contributed by atoms with van der Waals surface area (Å²) in [6.07, 6.45) is 5.08. The van der Waals surface area contributed by atoms with Crippen molar-refractivity contribution in [3.05, 3.63) is 36.3 Å². The van der Waals surface area contributed by atoms with E-state index in [1.54, 1.807) is 6.07 Å². The highest BCUT2D eigenvalue weighted by Crippen LogP contribution is 2.35. The summed E-state index contributed by atoms with van der Waals surface area (Å²) >= 11 is 6.83. The van der Waals surface area contributed by atoms with Gasteiger partial charge in [-0.3, -0.25) is 14.9 Å². The van der Waals surface area contributed by atoms with E-state index in [0.717, 1.165) is 24.8 Å². The lowest BCUT2D eigenvalue weighted by molar-refractivity contribution is -0.757. The highest BCUT2D eigenvalue weighted by atomic mass is 79.9. The first kappa shape index (κ1) is 27.5. The third-order valence-corrected chi connectivity index (χ3v) is 6.91. The Balaban J connectivity index is 1.86. The Morgan fingerprint density at radius 2 is 1.85 bits per heavy atom. The molecule has 0 heterocycles. The molecule has 33 heavy (non-hydrogen) atoms. The molecule has 10 nitrogen and oxygen atoms in total. The van der Waals surface area contributed by atoms with Gasteiger partial charge in [0.1, 0.15) is 5.72 Å². The summed E-state index contributed by atoms with van der Waals surface area (Å²) in [5.74, 6) is -0.803. The van der Waals surface area contributed by atoms with E-state index < -0.39 is 16.8 Å². The number of aliphatic hydroxyl groups is 1. The van der Waals surface area contributed by atoms with Gasteiger partial charge in [-0.15, -0.1) is 10.1 Å². The molecule has 1 saturated carbocycles. The highest BCUT2D eigenvalue weighted by molar-refractivity contribution is 9.11. The Morgan fingerprint density at radius 3 is 2.52 bits per heavy atom. The van der Waals surface area contributed by atoms with Crippen LogP contribution in [-0.4, -0.2) is 40.9 Å². The van der Waals surface area contributed by atoms with E-state index in [1.807, 2.05) is 0 Å². The zero-order valence-electron chi connectivity index (χ0n) is 18.2. The van der Waals surface area contributed by atoms with Crippen LogP contribution in [0.3, 0.4) is 0 Å². The van der Waals surface area contributed by atoms with Crippen molar-refractivity contribution in [1.29, 1.82) is 0 Å². The largest absolute Gasteiger partial charge is 0.466 e. The average Bonchev–Trinajstić information content (AvgIpc) is 2.76. The first-order chi connectivity index (χ1) is 15.6. The van der Waals surface area contributed by atoms with Gasteiger partial charge >= 0.3 is 5.97 Å². The number of anilines is 1. The molecule has 0 saturated heterocycles. The summed E-state index contributed by atoms with van der Waals surface area (Å²) in [7, 11) is 0. The van der Waals surface area contributed by atoms with Crippen LogP contribution in [0.2, 0.25) is 0 Å². The maximum atomic E-state index is 12.7. The number of ether oxygens (including phenoxy) is 1. The van der Waals surface area contributed by atoms with Gasteiger partial charge in [-0.05, 0) is 82.0 Å². The second-order valence-corrected chi connectivity index (χ2v) is 9.62. The van der Waals surface area contributed by atoms with E-state index >= 15 is 0 Å². The van der Waals surface area contributed by atoms with E-state index in [1.165, 1.54) is 0 Å². The molecule has 0 radical (unpaired) electrons. The maximum absolute atomic E-state index is 12.7. The number of hydrogen-bond donors (Lipinski definition) is 3. The summed E-state index contributed by atoms with van der Waals surface area (Å²) in [6.45, 7) is 0.396. The maximum Gasteiger partial charge on any atom is 0.306 e. The molecule has 0 aliphatic heterocycles. The van der Waals surface area contributed by atoms with Crippen molar-refractivity contribution in [3.63, 3.8) is 0 Å². The smallest absolute Gasteiger partial charge is 0.306 e. The molecule has 0 atom stereocenters. The zero-order valence-corrected chi connectivity index (χ0v) is 21.4. The van der Waals surface area contributed by atoms with Crippen molar-refractivity contribution in [3.8, 4) is 0 Å². The van der Waals surface area contributed by atoms with Gasteiger partial charge in [0.05, 0.1) is 29.8 Å². The topological polar surface area (TPSA) is 154 Å². The number of nitrogens with zero attached hydrogens (tertiary/aromatic N) is 1. The third kappa shape index (κ3) is 8.84. The molecule has 1 aliphatic rings. The van der Waals surface area contributed by atoms with Crippen LogP contribution >= 0.6 is 31.9 Å². The number of esters is 1. The molecule has 1 aliphatic carbocycles. The van der Waals surface area contributed by atoms with Crippen molar-refractivity contribution < 1.29 is 29.4 Å². The molecular formula is C21H29Br2N3O7. The number of carbonyl (C=O) groups is 2. The number of halogens is 2. The molecule has 12 heteroatoms. The summed E-state index contributed by atoms with van der Waals surface area (Å²) in [6, 6.07) is 1.75. The van der Waals surface area contributed by atoms with Crippen molar-refractivity contribution in [2.24, 2.45) is 0 Å². The Morgan fingerprint density at radius 1 is 1.18 bits per heavy atom. The lowest BCUT2D eigenvalue weighted by Gasteiger charge is -2.33. The lowest BCUT2D eigenvalue weighted by atomic mass is 9.91. The van der Waals surface area contributed by atoms with Gasteiger partial charge < -0.3 is 20.4 Å². The molecule has 1 aromatic rings. The Bertz CT molecular complexity index is 861. The predicted molar refractivity (Wildman–Crippen MR) is 128 cm³/mol. The Hall–Kier alpha value is -1.76. The standard InChI is InChI=1S/C21H29Br2N3O7/c22-15-12-14(13-25-21(29)8-2-1-3-9-21)20(24)19(23)18(15)16(27)6-7-17(28)32-10-4-5-11-33-26(30)31/h12,25,29H,1-11,13,24H2. The van der Waals surface area contributed by atoms with E-state index in [0.29, 0.717) is 52.4 Å². The minimum absolute atomic E-state index is 0.0582. The van der Waals surface area contributed by atoms with Gasteiger partial charge in [0.15, 0.2) is 5.78 Å². The normalized spacial score (nSPS) is 15.1. The highest BCUT2D eigenvalue weighted by Gasteiger charge is 2.29. The number of nitrogens with two attached hydrogens (primary N) is 1. The summed E-state index contributed by atoms with van der Waals surface area (Å²) < 4.78 is 6.02. The molecule has 0 unspecified atom stereocenters. The van der Waals surface area contributed by atoms with Gasteiger partial charge in [0.2, 0.25) is 0 Å². The number of nitrogen functional groups attached to an aromatic ring is 1. The third-order valence-electron chi connectivity index (χ3n) is 5.46. The summed E-state index contributed by atoms with van der Waals surface area (Å²) in [4.78, 5) is 38.8. The first-order valence-corrected chi connectivity index (χ1v) is 12.4. The second-order valence-electron chi connectivity index (χ2n) is 7.97. The predicted octanol–water partition coefficient (Wildman–Crippen LogP) is 4.03. The van der Waals surface area contributed by atoms with E-state index in [4.69, 9.17) is 10.5 Å². The van der Waals surface area contributed by atoms with Gasteiger partial charge in [0.25, 0.3) is 5.09 Å². The number of Topliss-reactive ketones (excluding diaryl/α,β-unsaturated/α-hetero) is 1. The monoisotopic (exact) mass is 593 g/mol. The van der Waals surface area contributed by atoms with Crippen LogP contribution in [0.25, 0.3) is 0 Å². The number of benzene rings is 1. The number of ketones is 1. The lowest BCUT2D eigenvalue weighted by Crippen LogP contribution is -2.46. The minimum Gasteiger partial charge on any atom is -0.466 e. The minimum atomic E-state index is -0.905. The van der Waals surface area contributed by atoms with Gasteiger partial charge in [0, 0.05) is 23.0 Å². The van der Waals surface area contributed by atoms with Gasteiger partial charge in [-0.1, -0.05) is 6.42 Å². The summed E-state index contributed by atoms with van der Waals surface area (Å²) in [5.41, 5.74) is 6.82. The Labute approximate surface area is 208 Å². The molecule has 0 amide bonds. The van der Waals surface area contributed by atoms with Crippen LogP contribution in [0, 0.1) is 10.1 Å². The van der Waals surface area contributed by atoms with Crippen molar-refractivity contribution in [2.45, 2.75) is 70.1 Å². The number of carbonyl (C=O) groups excluding carboxylic acids is 2. The van der Waals surface area contributed by atoms with Crippen LogP contribution in [0.4, 0.5) is 5.69 Å². The van der Waals surface area contributed by atoms with E-state index in [2.05, 4.69) is 42.0 Å². The molecule has 184 valence electrons. The number of nitrogens with one attached hydrogen (secondary N) is 1. The quantitative estimate of drug-likeness (QED) is 0.0584. The molecule has 1 fully saturated rings. The van der Waals surface area contributed by atoms with Crippen molar-refractivity contribution in [2.75, 3.05) is 18.9 Å². The SMILES string of the molecule is Nc1c(CNC2(O)CCCCC2)cc(Br)c(C(=O)CCC(=O)OCCCCO[N+](=O)[O-])c1Br. The Kier molecular flexibility index (Phi) is 11.0. The van der Waals surface area contributed by atoms with Gasteiger partial charge in [-0.25, -0.2) is 0 Å². The van der Waals surface area contributed by atoms with E-state index in [9.17, 15) is 24.8 Å². The molecule has 1 aromatic carbocycles. The summed E-state index contributed by atoms with van der Waals surface area (Å²) in [5, 5.41) is 23.0. The number of rotatable bonds is 13. The molecule has 0 spiro atoms. The van der Waals surface area contributed by atoms with Crippen LogP contribution in [0.5, 0.6) is 0 Å². The van der Waals surface area contributed by atoms with Crippen LogP contribution in [0.1, 0.15) is 73.7 Å². The average molecular weight is 595 g/mol. The second kappa shape index (κ2) is 13.2. The van der Waals surface area contributed by atoms with Crippen molar-refractivity contribution >= 4 is 49.3 Å². The molecule has 0 aromatic heterocycles. The molecule has 2 rings (SSSR count). The van der Waals surface area contributed by atoms with E-state index in [-0.39, 0.29) is 31.8 Å². The fourth-order valence-electron chi connectivity index (χ4n) is 3.60. The fourth-order valence-corrected chi connectivity index (χ4v) is 5.25. The number of unbranched alkanes of at least 4 members (excludes halogenated alkanes) is 1. The zero-order chi connectivity index (χ0) is 24.4. The van der Waals surface area contributed by atoms with Gasteiger partial charge in [-0.2, -0.15) is 0 Å². The molecular weight excluding hydrogens is 566 g/mol. The fraction of sp³-hybridized carbons (Fsp3) is 0.619. The van der Waals surface area contributed by atoms with Crippen molar-refractivity contribution in [1.82, 2.24) is 5.32 Å². The molecule has 0 bridgehead atoms. The van der Waals surface area contributed by atoms with Crippen LogP contribution < -0.4 is 11.1 Å². The van der Waals surface area contributed by atoms with Crippen LogP contribution in [0.15, 0.2) is 15.0 Å². The van der Waals surface area contributed by atoms with Crippen LogP contribution in [-0.2, 0) is 20.9 Å². The first-order valence-electron chi connectivity index (χ1n) is 10.8.